The number of Topliss-reactive ketones (excluding diaryl/α,β-unsaturated/α-hetero) is 1. The molecule has 1 N–H and O–H groups in total. The number of aliphatic imine (C=N–C) groups is 1. The Kier molecular flexibility index (Phi) is 6.46. The number of rotatable bonds is 5. The minimum atomic E-state index is -1.11. The van der Waals surface area contributed by atoms with Gasteiger partial charge in [0.05, 0.1) is 29.8 Å². The van der Waals surface area contributed by atoms with E-state index in [1.165, 1.54) is 11.0 Å². The van der Waals surface area contributed by atoms with Crippen molar-refractivity contribution in [2.45, 2.75) is 37.6 Å². The normalized spacial score (nSPS) is 21.1. The van der Waals surface area contributed by atoms with Gasteiger partial charge in [0.1, 0.15) is 11.6 Å². The van der Waals surface area contributed by atoms with E-state index in [-0.39, 0.29) is 36.5 Å². The van der Waals surface area contributed by atoms with Crippen LogP contribution >= 0.6 is 0 Å². The summed E-state index contributed by atoms with van der Waals surface area (Å²) in [6, 6.07) is 21.9. The van der Waals surface area contributed by atoms with Gasteiger partial charge in [-0.2, -0.15) is 0 Å². The number of aliphatic carboxylic acids is 1. The molecule has 36 heavy (non-hydrogen) atoms. The van der Waals surface area contributed by atoms with E-state index < -0.39 is 29.7 Å². The lowest BCUT2D eigenvalue weighted by molar-refractivity contribution is -0.138. The van der Waals surface area contributed by atoms with Crippen LogP contribution in [0.2, 0.25) is 0 Å². The van der Waals surface area contributed by atoms with Crippen LogP contribution in [-0.4, -0.2) is 28.5 Å². The smallest absolute Gasteiger partial charge is 0.303 e. The fourth-order valence-corrected chi connectivity index (χ4v) is 5.32. The molecule has 3 atom stereocenters. The van der Waals surface area contributed by atoms with E-state index in [1.54, 1.807) is 42.5 Å². The zero-order valence-electron chi connectivity index (χ0n) is 19.5. The van der Waals surface area contributed by atoms with Crippen LogP contribution in [0.1, 0.15) is 48.8 Å². The number of ketones is 1. The largest absolute Gasteiger partial charge is 0.481 e. The summed E-state index contributed by atoms with van der Waals surface area (Å²) in [5, 5.41) is 9.20. The highest BCUT2D eigenvalue weighted by Gasteiger charge is 2.46. The number of para-hydroxylation sites is 2. The van der Waals surface area contributed by atoms with E-state index in [0.717, 1.165) is 5.56 Å². The molecule has 0 bridgehead atoms. The van der Waals surface area contributed by atoms with E-state index >= 15 is 4.39 Å². The van der Waals surface area contributed by atoms with Crippen molar-refractivity contribution in [2.75, 3.05) is 4.90 Å². The van der Waals surface area contributed by atoms with Crippen molar-refractivity contribution in [2.24, 2.45) is 10.9 Å². The molecule has 1 aliphatic carbocycles. The van der Waals surface area contributed by atoms with Crippen LogP contribution in [0, 0.1) is 11.7 Å². The maximum Gasteiger partial charge on any atom is 0.303 e. The van der Waals surface area contributed by atoms with E-state index in [2.05, 4.69) is 0 Å². The zero-order valence-corrected chi connectivity index (χ0v) is 19.5. The molecular formula is C29H25FN2O4. The van der Waals surface area contributed by atoms with Crippen molar-refractivity contribution >= 4 is 34.7 Å². The van der Waals surface area contributed by atoms with Gasteiger partial charge in [0, 0.05) is 24.1 Å². The summed E-state index contributed by atoms with van der Waals surface area (Å²) < 4.78 is 15.3. The van der Waals surface area contributed by atoms with E-state index in [4.69, 9.17) is 4.99 Å². The van der Waals surface area contributed by atoms with Crippen molar-refractivity contribution in [3.63, 3.8) is 0 Å². The average Bonchev–Trinajstić information content (AvgIpc) is 3.02. The Morgan fingerprint density at radius 3 is 2.36 bits per heavy atom. The number of nitrogens with zero attached hydrogens (tertiary/aromatic N) is 2. The number of hydrogen-bond donors (Lipinski definition) is 1. The first-order valence-electron chi connectivity index (χ1n) is 12.0. The number of benzene rings is 3. The zero-order chi connectivity index (χ0) is 25.2. The lowest BCUT2D eigenvalue weighted by Gasteiger charge is -2.39. The van der Waals surface area contributed by atoms with Gasteiger partial charge in [0.2, 0.25) is 5.91 Å². The van der Waals surface area contributed by atoms with Gasteiger partial charge >= 0.3 is 5.97 Å². The Hall–Kier alpha value is -4.13. The number of carbonyl (C=O) groups is 3. The van der Waals surface area contributed by atoms with Crippen molar-refractivity contribution in [1.29, 1.82) is 0 Å². The molecule has 1 aliphatic heterocycles. The minimum absolute atomic E-state index is 0.0728. The van der Waals surface area contributed by atoms with Gasteiger partial charge < -0.3 is 10.0 Å². The number of anilines is 1. The molecule has 1 saturated carbocycles. The molecule has 3 unspecified atom stereocenters. The summed E-state index contributed by atoms with van der Waals surface area (Å²) in [4.78, 5) is 44.9. The quantitative estimate of drug-likeness (QED) is 0.510. The minimum Gasteiger partial charge on any atom is -0.481 e. The predicted octanol–water partition coefficient (Wildman–Crippen LogP) is 5.61. The number of hydrogen-bond acceptors (Lipinski definition) is 4. The second-order valence-electron chi connectivity index (χ2n) is 9.18. The van der Waals surface area contributed by atoms with Crippen molar-refractivity contribution < 1.29 is 23.9 Å². The summed E-state index contributed by atoms with van der Waals surface area (Å²) in [5.41, 5.74) is 2.78. The lowest BCUT2D eigenvalue weighted by Crippen LogP contribution is -2.46. The molecule has 1 amide bonds. The van der Waals surface area contributed by atoms with E-state index in [1.807, 2.05) is 30.3 Å². The Bertz CT molecular complexity index is 1350. The Labute approximate surface area is 208 Å². The fraction of sp³-hybridized carbons (Fsp3) is 0.241. The maximum absolute atomic E-state index is 15.3. The first kappa shape index (κ1) is 23.6. The summed E-state index contributed by atoms with van der Waals surface area (Å²) >= 11 is 0. The van der Waals surface area contributed by atoms with Crippen LogP contribution < -0.4 is 4.90 Å². The summed E-state index contributed by atoms with van der Waals surface area (Å²) in [5.74, 6) is -3.17. The van der Waals surface area contributed by atoms with Gasteiger partial charge in [-0.1, -0.05) is 60.7 Å². The summed E-state index contributed by atoms with van der Waals surface area (Å²) in [6.45, 7) is 0. The van der Waals surface area contributed by atoms with Crippen LogP contribution in [0.4, 0.5) is 15.8 Å². The van der Waals surface area contributed by atoms with Crippen LogP contribution in [0.25, 0.3) is 0 Å². The molecule has 0 spiro atoms. The van der Waals surface area contributed by atoms with Crippen LogP contribution in [-0.2, 0) is 14.4 Å². The molecule has 3 aromatic rings. The number of fused-ring (bicyclic) bond motifs is 2. The maximum atomic E-state index is 15.3. The molecule has 0 saturated heterocycles. The molecule has 182 valence electrons. The van der Waals surface area contributed by atoms with E-state index in [9.17, 15) is 19.5 Å². The molecule has 1 fully saturated rings. The van der Waals surface area contributed by atoms with E-state index in [0.29, 0.717) is 23.5 Å². The van der Waals surface area contributed by atoms with Crippen LogP contribution in [0.3, 0.4) is 0 Å². The molecular weight excluding hydrogens is 459 g/mol. The van der Waals surface area contributed by atoms with Gasteiger partial charge in [-0.3, -0.25) is 19.4 Å². The molecule has 0 aromatic heterocycles. The molecule has 2 aliphatic rings. The van der Waals surface area contributed by atoms with Crippen molar-refractivity contribution in [3.8, 4) is 0 Å². The highest BCUT2D eigenvalue weighted by molar-refractivity contribution is 6.13. The van der Waals surface area contributed by atoms with Gasteiger partial charge in [0.25, 0.3) is 0 Å². The third-order valence-electron chi connectivity index (χ3n) is 6.92. The molecule has 1 heterocycles. The highest BCUT2D eigenvalue weighted by atomic mass is 19.1. The number of amides is 1. The Balaban J connectivity index is 1.67. The summed E-state index contributed by atoms with van der Waals surface area (Å²) in [7, 11) is 0. The Morgan fingerprint density at radius 2 is 1.61 bits per heavy atom. The molecule has 5 rings (SSSR count). The molecule has 0 radical (unpaired) electrons. The fourth-order valence-electron chi connectivity index (χ4n) is 5.32. The van der Waals surface area contributed by atoms with Gasteiger partial charge in [0.15, 0.2) is 0 Å². The SMILES string of the molecule is O=C(O)CCC(=O)N1c2ccccc2N=C2CC(c3ccccc3)CC(=O)C2C1c1ccccc1F. The number of carbonyl (C=O) groups excluding carboxylic acids is 2. The average molecular weight is 485 g/mol. The molecule has 7 heteroatoms. The monoisotopic (exact) mass is 484 g/mol. The number of halogens is 1. The molecule has 3 aromatic carbocycles. The summed E-state index contributed by atoms with van der Waals surface area (Å²) in [6.07, 6.45) is 0.0877. The second kappa shape index (κ2) is 9.85. The van der Waals surface area contributed by atoms with Gasteiger partial charge in [-0.15, -0.1) is 0 Å². The number of carboxylic acid groups (broad SMARTS) is 1. The predicted molar refractivity (Wildman–Crippen MR) is 134 cm³/mol. The number of carboxylic acids is 1. The standard InChI is InChI=1S/C29H25FN2O4/c30-21-11-5-4-10-20(21)29-28-23(16-19(17-25(28)33)18-8-2-1-3-9-18)31-22-12-6-7-13-24(22)32(29)26(34)14-15-27(35)36/h1-13,19,28-29H,14-17H2,(H,35,36). The van der Waals surface area contributed by atoms with Crippen molar-refractivity contribution in [3.05, 3.63) is 95.8 Å². The lowest BCUT2D eigenvalue weighted by atomic mass is 9.72. The third kappa shape index (κ3) is 4.44. The topological polar surface area (TPSA) is 87.0 Å². The molecule has 6 nitrogen and oxygen atoms in total. The Morgan fingerprint density at radius 1 is 0.917 bits per heavy atom. The second-order valence-corrected chi connectivity index (χ2v) is 9.18. The highest BCUT2D eigenvalue weighted by Crippen LogP contribution is 2.48. The van der Waals surface area contributed by atoms with Crippen LogP contribution in [0.15, 0.2) is 83.9 Å². The first-order valence-corrected chi connectivity index (χ1v) is 12.0. The van der Waals surface area contributed by atoms with Crippen molar-refractivity contribution in [1.82, 2.24) is 0 Å². The van der Waals surface area contributed by atoms with Gasteiger partial charge in [-0.05, 0) is 36.1 Å². The first-order chi connectivity index (χ1) is 17.4. The van der Waals surface area contributed by atoms with Gasteiger partial charge in [-0.25, -0.2) is 4.39 Å². The van der Waals surface area contributed by atoms with Crippen LogP contribution in [0.5, 0.6) is 0 Å². The third-order valence-corrected chi connectivity index (χ3v) is 6.92.